The second-order valence-corrected chi connectivity index (χ2v) is 7.09. The minimum absolute atomic E-state index is 0.0650. The van der Waals surface area contributed by atoms with Crippen LogP contribution in [0.15, 0.2) is 60.8 Å². The molecule has 0 atom stereocenters. The van der Waals surface area contributed by atoms with Crippen molar-refractivity contribution in [2.45, 2.75) is 0 Å². The standard InChI is InChI=1S/C20H19N5O3S/c26-19(18-14-21-20(29)24(18)15-5-2-1-3-6-15)23-11-9-22(10-12-23)16-7-4-8-17(13-16)25(27)28/h1-8,13-14H,9-12H2,(H,21,29). The number of nitrogens with zero attached hydrogens (tertiary/aromatic N) is 4. The van der Waals surface area contributed by atoms with Gasteiger partial charge in [-0.25, -0.2) is 0 Å². The van der Waals surface area contributed by atoms with E-state index in [9.17, 15) is 14.9 Å². The number of imidazole rings is 1. The van der Waals surface area contributed by atoms with Gasteiger partial charge in [-0.05, 0) is 30.4 Å². The van der Waals surface area contributed by atoms with E-state index in [-0.39, 0.29) is 11.6 Å². The molecule has 148 valence electrons. The van der Waals surface area contributed by atoms with Gasteiger partial charge in [-0.15, -0.1) is 0 Å². The minimum Gasteiger partial charge on any atom is -0.368 e. The molecular weight excluding hydrogens is 390 g/mol. The number of amides is 1. The second kappa shape index (κ2) is 7.88. The average molecular weight is 409 g/mol. The van der Waals surface area contributed by atoms with Gasteiger partial charge in [0.05, 0.1) is 4.92 Å². The van der Waals surface area contributed by atoms with E-state index in [0.717, 1.165) is 11.4 Å². The molecule has 3 aromatic rings. The Kier molecular flexibility index (Phi) is 5.13. The molecule has 1 N–H and O–H groups in total. The maximum absolute atomic E-state index is 13.1. The Morgan fingerprint density at radius 2 is 1.69 bits per heavy atom. The first-order valence-corrected chi connectivity index (χ1v) is 9.60. The first kappa shape index (κ1) is 18.9. The molecule has 1 aromatic heterocycles. The highest BCUT2D eigenvalue weighted by molar-refractivity contribution is 7.71. The number of benzene rings is 2. The van der Waals surface area contributed by atoms with Gasteiger partial charge in [-0.3, -0.25) is 19.5 Å². The van der Waals surface area contributed by atoms with Crippen molar-refractivity contribution < 1.29 is 9.72 Å². The summed E-state index contributed by atoms with van der Waals surface area (Å²) >= 11 is 5.36. The summed E-state index contributed by atoms with van der Waals surface area (Å²) in [6, 6.07) is 16.1. The summed E-state index contributed by atoms with van der Waals surface area (Å²) < 4.78 is 2.21. The Balaban J connectivity index is 1.50. The Morgan fingerprint density at radius 1 is 1.00 bits per heavy atom. The molecule has 29 heavy (non-hydrogen) atoms. The maximum atomic E-state index is 13.1. The van der Waals surface area contributed by atoms with E-state index < -0.39 is 4.92 Å². The number of non-ortho nitro benzene ring substituents is 1. The predicted molar refractivity (Wildman–Crippen MR) is 112 cm³/mol. The third kappa shape index (κ3) is 3.77. The normalized spacial score (nSPS) is 14.1. The van der Waals surface area contributed by atoms with E-state index in [2.05, 4.69) is 9.88 Å². The third-order valence-electron chi connectivity index (χ3n) is 4.98. The summed E-state index contributed by atoms with van der Waals surface area (Å²) in [6.45, 7) is 2.25. The molecule has 0 bridgehead atoms. The monoisotopic (exact) mass is 409 g/mol. The van der Waals surface area contributed by atoms with E-state index in [1.54, 1.807) is 27.8 Å². The number of nitro benzene ring substituents is 1. The number of H-pyrrole nitrogens is 1. The molecule has 1 fully saturated rings. The van der Waals surface area contributed by atoms with Gasteiger partial charge in [0.2, 0.25) is 0 Å². The summed E-state index contributed by atoms with van der Waals surface area (Å²) in [5.41, 5.74) is 2.18. The molecule has 1 aliphatic heterocycles. The van der Waals surface area contributed by atoms with Crippen LogP contribution in [0.25, 0.3) is 5.69 Å². The maximum Gasteiger partial charge on any atom is 0.272 e. The van der Waals surface area contributed by atoms with Gasteiger partial charge in [0, 0.05) is 55.9 Å². The van der Waals surface area contributed by atoms with Crippen LogP contribution in [-0.4, -0.2) is 51.5 Å². The van der Waals surface area contributed by atoms with Crippen LogP contribution in [0.2, 0.25) is 0 Å². The molecule has 1 amide bonds. The molecule has 0 radical (unpaired) electrons. The molecule has 1 saturated heterocycles. The molecule has 2 aromatic carbocycles. The summed E-state index contributed by atoms with van der Waals surface area (Å²) in [5.74, 6) is -0.0973. The van der Waals surface area contributed by atoms with Crippen molar-refractivity contribution in [1.82, 2.24) is 14.5 Å². The number of aromatic amines is 1. The molecule has 0 spiro atoms. The number of rotatable bonds is 4. The fraction of sp³-hybridized carbons (Fsp3) is 0.200. The second-order valence-electron chi connectivity index (χ2n) is 6.71. The van der Waals surface area contributed by atoms with Crippen molar-refractivity contribution >= 4 is 29.5 Å². The number of anilines is 1. The third-order valence-corrected chi connectivity index (χ3v) is 5.28. The van der Waals surface area contributed by atoms with Gasteiger partial charge in [0.25, 0.3) is 11.6 Å². The molecule has 8 nitrogen and oxygen atoms in total. The summed E-state index contributed by atoms with van der Waals surface area (Å²) in [6.07, 6.45) is 1.64. The minimum atomic E-state index is -0.399. The molecule has 2 heterocycles. The highest BCUT2D eigenvalue weighted by Gasteiger charge is 2.25. The molecule has 4 rings (SSSR count). The van der Waals surface area contributed by atoms with Crippen molar-refractivity contribution in [3.8, 4) is 5.69 Å². The zero-order valence-corrected chi connectivity index (χ0v) is 16.3. The molecule has 0 saturated carbocycles. The number of carbonyl (C=O) groups excluding carboxylic acids is 1. The van der Waals surface area contributed by atoms with Gasteiger partial charge in [-0.2, -0.15) is 0 Å². The van der Waals surface area contributed by atoms with Crippen molar-refractivity contribution in [3.63, 3.8) is 0 Å². The van der Waals surface area contributed by atoms with Crippen molar-refractivity contribution in [2.24, 2.45) is 0 Å². The lowest BCUT2D eigenvalue weighted by Gasteiger charge is -2.36. The van der Waals surface area contributed by atoms with Crippen LogP contribution >= 0.6 is 12.2 Å². The van der Waals surface area contributed by atoms with Gasteiger partial charge in [0.1, 0.15) is 5.69 Å². The van der Waals surface area contributed by atoms with Crippen LogP contribution in [0.4, 0.5) is 11.4 Å². The highest BCUT2D eigenvalue weighted by Crippen LogP contribution is 2.23. The Bertz CT molecular complexity index is 1100. The van der Waals surface area contributed by atoms with Crippen LogP contribution in [-0.2, 0) is 0 Å². The Morgan fingerprint density at radius 3 is 2.38 bits per heavy atom. The van der Waals surface area contributed by atoms with Crippen LogP contribution in [0.3, 0.4) is 0 Å². The van der Waals surface area contributed by atoms with Crippen molar-refractivity contribution in [2.75, 3.05) is 31.1 Å². The number of nitrogens with one attached hydrogen (secondary N) is 1. The Labute approximate surface area is 172 Å². The lowest BCUT2D eigenvalue weighted by Crippen LogP contribution is -2.49. The zero-order valence-electron chi connectivity index (χ0n) is 15.5. The molecule has 0 unspecified atom stereocenters. The topological polar surface area (TPSA) is 87.4 Å². The number of aromatic nitrogens is 2. The van der Waals surface area contributed by atoms with Crippen LogP contribution in [0, 0.1) is 14.9 Å². The van der Waals surface area contributed by atoms with Crippen LogP contribution < -0.4 is 4.90 Å². The SMILES string of the molecule is O=C(c1c[nH]c(=S)n1-c1ccccc1)N1CCN(c2cccc([N+](=O)[O-])c2)CC1. The van der Waals surface area contributed by atoms with Crippen molar-refractivity contribution in [1.29, 1.82) is 0 Å². The summed E-state index contributed by atoms with van der Waals surface area (Å²) in [4.78, 5) is 30.5. The number of hydrogen-bond donors (Lipinski definition) is 1. The largest absolute Gasteiger partial charge is 0.368 e. The lowest BCUT2D eigenvalue weighted by atomic mass is 10.2. The molecule has 0 aliphatic carbocycles. The lowest BCUT2D eigenvalue weighted by molar-refractivity contribution is -0.384. The van der Waals surface area contributed by atoms with E-state index >= 15 is 0 Å². The van der Waals surface area contributed by atoms with Crippen molar-refractivity contribution in [3.05, 3.63) is 81.4 Å². The molecule has 9 heteroatoms. The zero-order chi connectivity index (χ0) is 20.4. The smallest absolute Gasteiger partial charge is 0.272 e. The molecular formula is C20H19N5O3S. The van der Waals surface area contributed by atoms with Gasteiger partial charge in [0.15, 0.2) is 4.77 Å². The highest BCUT2D eigenvalue weighted by atomic mass is 32.1. The number of para-hydroxylation sites is 1. The van der Waals surface area contributed by atoms with E-state index in [0.29, 0.717) is 36.6 Å². The molecule has 1 aliphatic rings. The quantitative estimate of drug-likeness (QED) is 0.405. The first-order chi connectivity index (χ1) is 14.0. The van der Waals surface area contributed by atoms with Gasteiger partial charge < -0.3 is 14.8 Å². The Hall–Kier alpha value is -3.46. The number of piperazine rings is 1. The fourth-order valence-corrected chi connectivity index (χ4v) is 3.76. The number of nitro groups is 1. The van der Waals surface area contributed by atoms with E-state index in [1.165, 1.54) is 6.07 Å². The summed E-state index contributed by atoms with van der Waals surface area (Å²) in [5, 5.41) is 11.0. The first-order valence-electron chi connectivity index (χ1n) is 9.19. The van der Waals surface area contributed by atoms with E-state index in [1.807, 2.05) is 36.4 Å². The van der Waals surface area contributed by atoms with Crippen LogP contribution in [0.5, 0.6) is 0 Å². The van der Waals surface area contributed by atoms with Gasteiger partial charge >= 0.3 is 0 Å². The predicted octanol–water partition coefficient (Wildman–Crippen LogP) is 3.41. The van der Waals surface area contributed by atoms with Gasteiger partial charge in [-0.1, -0.05) is 24.3 Å². The average Bonchev–Trinajstić information content (AvgIpc) is 3.15. The number of hydrogen-bond acceptors (Lipinski definition) is 5. The summed E-state index contributed by atoms with van der Waals surface area (Å²) in [7, 11) is 0. The van der Waals surface area contributed by atoms with Crippen LogP contribution in [0.1, 0.15) is 10.5 Å². The fourth-order valence-electron chi connectivity index (χ4n) is 3.49. The van der Waals surface area contributed by atoms with E-state index in [4.69, 9.17) is 12.2 Å². The number of carbonyl (C=O) groups is 1.